The van der Waals surface area contributed by atoms with E-state index in [1.54, 1.807) is 12.0 Å². The van der Waals surface area contributed by atoms with Gasteiger partial charge in [-0.15, -0.1) is 0 Å². The Labute approximate surface area is 158 Å². The number of benzene rings is 2. The summed E-state index contributed by atoms with van der Waals surface area (Å²) in [5.74, 6) is -0.247. The van der Waals surface area contributed by atoms with Gasteiger partial charge < -0.3 is 20.1 Å². The molecule has 1 aliphatic heterocycles. The van der Waals surface area contributed by atoms with Crippen molar-refractivity contribution in [2.24, 2.45) is 0 Å². The largest absolute Gasteiger partial charge is 0.496 e. The molecule has 1 heterocycles. The summed E-state index contributed by atoms with van der Waals surface area (Å²) >= 11 is 0. The Morgan fingerprint density at radius 2 is 1.78 bits per heavy atom. The summed E-state index contributed by atoms with van der Waals surface area (Å²) < 4.78 is 5.39. The highest BCUT2D eigenvalue weighted by Crippen LogP contribution is 2.29. The van der Waals surface area contributed by atoms with Crippen molar-refractivity contribution in [2.75, 3.05) is 20.2 Å². The van der Waals surface area contributed by atoms with E-state index in [1.807, 2.05) is 48.5 Å². The van der Waals surface area contributed by atoms with Crippen LogP contribution in [0.1, 0.15) is 18.4 Å². The molecule has 2 amide bonds. The first kappa shape index (κ1) is 18.8. The van der Waals surface area contributed by atoms with Crippen molar-refractivity contribution in [1.82, 2.24) is 10.2 Å². The molecular formula is C21H24N2O4. The van der Waals surface area contributed by atoms with Gasteiger partial charge in [-0.05, 0) is 30.0 Å². The van der Waals surface area contributed by atoms with Gasteiger partial charge in [-0.3, -0.25) is 0 Å². The van der Waals surface area contributed by atoms with Crippen LogP contribution in [0.15, 0.2) is 48.5 Å². The molecule has 0 spiro atoms. The molecule has 3 rings (SSSR count). The number of nitrogens with zero attached hydrogens (tertiary/aromatic N) is 1. The van der Waals surface area contributed by atoms with E-state index in [1.165, 1.54) is 0 Å². The maximum atomic E-state index is 12.2. The van der Waals surface area contributed by atoms with Gasteiger partial charge in [0.25, 0.3) is 0 Å². The predicted octanol–water partition coefficient (Wildman–Crippen LogP) is 3.16. The first-order chi connectivity index (χ1) is 13.1. The lowest BCUT2D eigenvalue weighted by Crippen LogP contribution is -2.48. The quantitative estimate of drug-likeness (QED) is 0.821. The van der Waals surface area contributed by atoms with Crippen LogP contribution in [0.25, 0.3) is 11.1 Å². The molecule has 6 heteroatoms. The third-order valence-electron chi connectivity index (χ3n) is 4.80. The predicted molar refractivity (Wildman–Crippen MR) is 103 cm³/mol. The van der Waals surface area contributed by atoms with Crippen molar-refractivity contribution in [3.05, 3.63) is 54.1 Å². The number of carboxylic acids is 1. The molecule has 2 aromatic carbocycles. The van der Waals surface area contributed by atoms with Crippen LogP contribution >= 0.6 is 0 Å². The molecule has 1 fully saturated rings. The monoisotopic (exact) mass is 368 g/mol. The SMILES string of the molecule is COc1ccccc1-c1ccc(C[C@H](NC(=O)N2CCCC2)C(=O)O)cc1. The molecule has 2 aromatic rings. The molecule has 0 radical (unpaired) electrons. The van der Waals surface area contributed by atoms with E-state index in [-0.39, 0.29) is 12.5 Å². The van der Waals surface area contributed by atoms with Crippen molar-refractivity contribution >= 4 is 12.0 Å². The van der Waals surface area contributed by atoms with Gasteiger partial charge in [0.1, 0.15) is 11.8 Å². The van der Waals surface area contributed by atoms with Gasteiger partial charge in [-0.1, -0.05) is 42.5 Å². The number of para-hydroxylation sites is 1. The topological polar surface area (TPSA) is 78.9 Å². The van der Waals surface area contributed by atoms with Crippen molar-refractivity contribution in [2.45, 2.75) is 25.3 Å². The zero-order valence-corrected chi connectivity index (χ0v) is 15.4. The van der Waals surface area contributed by atoms with Crippen LogP contribution in [0, 0.1) is 0 Å². The fourth-order valence-electron chi connectivity index (χ4n) is 3.30. The second-order valence-corrected chi connectivity index (χ2v) is 6.64. The standard InChI is InChI=1S/C21H24N2O4/c1-27-19-7-3-2-6-17(19)16-10-8-15(9-11-16)14-18(20(24)25)22-21(26)23-12-4-5-13-23/h2-3,6-11,18H,4-5,12-14H2,1H3,(H,22,26)(H,24,25)/t18-/m0/s1. The summed E-state index contributed by atoms with van der Waals surface area (Å²) in [6.45, 7) is 1.37. The lowest BCUT2D eigenvalue weighted by atomic mass is 10.00. The van der Waals surface area contributed by atoms with Gasteiger partial charge in [0.05, 0.1) is 7.11 Å². The van der Waals surface area contributed by atoms with E-state index < -0.39 is 12.0 Å². The van der Waals surface area contributed by atoms with Crippen LogP contribution in [-0.4, -0.2) is 48.2 Å². The summed E-state index contributed by atoms with van der Waals surface area (Å²) in [5, 5.41) is 12.1. The van der Waals surface area contributed by atoms with Crippen molar-refractivity contribution in [3.8, 4) is 16.9 Å². The summed E-state index contributed by atoms with van der Waals surface area (Å²) in [6.07, 6.45) is 2.17. The first-order valence-electron chi connectivity index (χ1n) is 9.09. The highest BCUT2D eigenvalue weighted by Gasteiger charge is 2.25. The van der Waals surface area contributed by atoms with Crippen LogP contribution in [0.3, 0.4) is 0 Å². The lowest BCUT2D eigenvalue weighted by Gasteiger charge is -2.20. The number of methoxy groups -OCH3 is 1. The minimum absolute atomic E-state index is 0.237. The van der Waals surface area contributed by atoms with E-state index in [2.05, 4.69) is 5.32 Å². The average Bonchev–Trinajstić information content (AvgIpc) is 3.23. The molecule has 142 valence electrons. The average molecular weight is 368 g/mol. The fraction of sp³-hybridized carbons (Fsp3) is 0.333. The number of nitrogens with one attached hydrogen (secondary N) is 1. The molecule has 0 unspecified atom stereocenters. The zero-order chi connectivity index (χ0) is 19.2. The molecule has 0 aliphatic carbocycles. The second kappa shape index (κ2) is 8.58. The number of hydrogen-bond acceptors (Lipinski definition) is 3. The highest BCUT2D eigenvalue weighted by molar-refractivity contribution is 5.83. The van der Waals surface area contributed by atoms with Gasteiger partial charge in [-0.2, -0.15) is 0 Å². The van der Waals surface area contributed by atoms with E-state index in [0.29, 0.717) is 13.1 Å². The molecule has 1 aliphatic rings. The van der Waals surface area contributed by atoms with Gasteiger partial charge in [-0.25, -0.2) is 9.59 Å². The zero-order valence-electron chi connectivity index (χ0n) is 15.4. The lowest BCUT2D eigenvalue weighted by molar-refractivity contribution is -0.139. The number of amides is 2. The van der Waals surface area contributed by atoms with Crippen LogP contribution < -0.4 is 10.1 Å². The molecule has 6 nitrogen and oxygen atoms in total. The molecule has 0 bridgehead atoms. The number of urea groups is 1. The van der Waals surface area contributed by atoms with Crippen molar-refractivity contribution in [3.63, 3.8) is 0 Å². The Kier molecular flexibility index (Phi) is 5.96. The normalized spacial score (nSPS) is 14.6. The fourth-order valence-corrected chi connectivity index (χ4v) is 3.30. The Balaban J connectivity index is 1.69. The third kappa shape index (κ3) is 4.58. The van der Waals surface area contributed by atoms with E-state index in [9.17, 15) is 14.7 Å². The number of aliphatic carboxylic acids is 1. The number of rotatable bonds is 6. The minimum atomic E-state index is -1.03. The molecule has 0 saturated carbocycles. The van der Waals surface area contributed by atoms with Gasteiger partial charge in [0.2, 0.25) is 0 Å². The molecule has 1 atom stereocenters. The Bertz CT molecular complexity index is 798. The maximum Gasteiger partial charge on any atom is 0.326 e. The Hall–Kier alpha value is -3.02. The van der Waals surface area contributed by atoms with Crippen LogP contribution in [-0.2, 0) is 11.2 Å². The van der Waals surface area contributed by atoms with Crippen LogP contribution in [0.4, 0.5) is 4.79 Å². The molecule has 1 saturated heterocycles. The Morgan fingerprint density at radius 1 is 1.11 bits per heavy atom. The van der Waals surface area contributed by atoms with Crippen LogP contribution in [0.2, 0.25) is 0 Å². The van der Waals surface area contributed by atoms with E-state index in [0.717, 1.165) is 35.3 Å². The minimum Gasteiger partial charge on any atom is -0.496 e. The van der Waals surface area contributed by atoms with Gasteiger partial charge >= 0.3 is 12.0 Å². The van der Waals surface area contributed by atoms with Crippen molar-refractivity contribution in [1.29, 1.82) is 0 Å². The second-order valence-electron chi connectivity index (χ2n) is 6.64. The number of carbonyl (C=O) groups is 2. The number of likely N-dealkylation sites (tertiary alicyclic amines) is 1. The smallest absolute Gasteiger partial charge is 0.326 e. The van der Waals surface area contributed by atoms with Gasteiger partial charge in [0.15, 0.2) is 0 Å². The number of ether oxygens (including phenoxy) is 1. The molecule has 2 N–H and O–H groups in total. The van der Waals surface area contributed by atoms with Gasteiger partial charge in [0, 0.05) is 25.1 Å². The van der Waals surface area contributed by atoms with Crippen molar-refractivity contribution < 1.29 is 19.4 Å². The number of carbonyl (C=O) groups excluding carboxylic acids is 1. The van der Waals surface area contributed by atoms with E-state index >= 15 is 0 Å². The summed E-state index contributed by atoms with van der Waals surface area (Å²) in [7, 11) is 1.63. The summed E-state index contributed by atoms with van der Waals surface area (Å²) in [4.78, 5) is 25.4. The number of hydrogen-bond donors (Lipinski definition) is 2. The summed E-state index contributed by atoms with van der Waals surface area (Å²) in [6, 6.07) is 14.1. The Morgan fingerprint density at radius 3 is 2.41 bits per heavy atom. The summed E-state index contributed by atoms with van der Waals surface area (Å²) in [5.41, 5.74) is 2.82. The first-order valence-corrected chi connectivity index (χ1v) is 9.09. The van der Waals surface area contributed by atoms with Crippen LogP contribution in [0.5, 0.6) is 5.75 Å². The van der Waals surface area contributed by atoms with E-state index in [4.69, 9.17) is 4.74 Å². The highest BCUT2D eigenvalue weighted by atomic mass is 16.5. The molecule has 0 aromatic heterocycles. The molecule has 27 heavy (non-hydrogen) atoms. The third-order valence-corrected chi connectivity index (χ3v) is 4.80. The maximum absolute atomic E-state index is 12.2. The number of carboxylic acid groups (broad SMARTS) is 1. The molecular weight excluding hydrogens is 344 g/mol.